The summed E-state index contributed by atoms with van der Waals surface area (Å²) in [6, 6.07) is 1.22. The van der Waals surface area contributed by atoms with Crippen LogP contribution in [0.4, 0.5) is 8.78 Å². The van der Waals surface area contributed by atoms with E-state index in [0.717, 1.165) is 0 Å². The summed E-state index contributed by atoms with van der Waals surface area (Å²) < 4.78 is 47.1. The molecular formula is C6H2Br2ClF2NO2S. The monoisotopic (exact) mass is 383 g/mol. The smallest absolute Gasteiger partial charge is 0.227 e. The average Bonchev–Trinajstić information content (AvgIpc) is 1.99. The van der Waals surface area contributed by atoms with E-state index in [4.69, 9.17) is 10.7 Å². The van der Waals surface area contributed by atoms with Gasteiger partial charge in [0.1, 0.15) is 4.60 Å². The molecule has 9 heteroatoms. The minimum atomic E-state index is -4.30. The zero-order chi connectivity index (χ0) is 11.8. The lowest BCUT2D eigenvalue weighted by atomic mass is 10.3. The number of aromatic nitrogens is 1. The second-order valence-electron chi connectivity index (χ2n) is 2.38. The van der Waals surface area contributed by atoms with Crippen LogP contribution in [0.5, 0.6) is 0 Å². The molecule has 1 rings (SSSR count). The highest BCUT2D eigenvalue weighted by Crippen LogP contribution is 2.35. The second kappa shape index (κ2) is 4.60. The Morgan fingerprint density at radius 1 is 1.40 bits per heavy atom. The summed E-state index contributed by atoms with van der Waals surface area (Å²) in [4.78, 5) is 3.41. The predicted molar refractivity (Wildman–Crippen MR) is 57.6 cm³/mol. The van der Waals surface area contributed by atoms with Gasteiger partial charge in [0.05, 0.1) is 5.56 Å². The minimum absolute atomic E-state index is 0.0707. The lowest BCUT2D eigenvalue weighted by Crippen LogP contribution is -2.03. The lowest BCUT2D eigenvalue weighted by molar-refractivity contribution is 0.146. The van der Waals surface area contributed by atoms with Crippen molar-refractivity contribution in [2.75, 3.05) is 0 Å². The third-order valence-electron chi connectivity index (χ3n) is 1.39. The molecule has 3 nitrogen and oxygen atoms in total. The Bertz CT molecular complexity index is 494. The molecule has 0 amide bonds. The third kappa shape index (κ3) is 3.08. The molecule has 0 N–H and O–H groups in total. The molecule has 0 aliphatic heterocycles. The van der Waals surface area contributed by atoms with Gasteiger partial charge in [-0.1, -0.05) is 15.9 Å². The standard InChI is InChI=1S/C6H2Br2ClF2NO2S/c7-2-1-3(8)12-6(15(9,13)14)4(2)5(10)11/h1,5H. The van der Waals surface area contributed by atoms with E-state index in [1.165, 1.54) is 6.07 Å². The number of nitrogens with zero attached hydrogens (tertiary/aromatic N) is 1. The lowest BCUT2D eigenvalue weighted by Gasteiger charge is -2.07. The van der Waals surface area contributed by atoms with Gasteiger partial charge in [-0.25, -0.2) is 22.2 Å². The Morgan fingerprint density at radius 3 is 2.33 bits per heavy atom. The number of rotatable bonds is 2. The molecule has 1 aromatic heterocycles. The Kier molecular flexibility index (Phi) is 4.07. The van der Waals surface area contributed by atoms with E-state index in [-0.39, 0.29) is 9.08 Å². The van der Waals surface area contributed by atoms with Crippen LogP contribution in [0.15, 0.2) is 20.2 Å². The first-order chi connectivity index (χ1) is 6.73. The maximum atomic E-state index is 12.5. The van der Waals surface area contributed by atoms with Gasteiger partial charge in [0.25, 0.3) is 15.5 Å². The first kappa shape index (κ1) is 13.3. The maximum Gasteiger partial charge on any atom is 0.279 e. The number of alkyl halides is 2. The molecule has 0 fully saturated rings. The van der Waals surface area contributed by atoms with Crippen LogP contribution >= 0.6 is 42.5 Å². The quantitative estimate of drug-likeness (QED) is 0.579. The van der Waals surface area contributed by atoms with E-state index >= 15 is 0 Å². The van der Waals surface area contributed by atoms with Crippen molar-refractivity contribution in [2.24, 2.45) is 0 Å². The average molecular weight is 385 g/mol. The Hall–Kier alpha value is 0.210. The highest BCUT2D eigenvalue weighted by atomic mass is 79.9. The van der Waals surface area contributed by atoms with Crippen LogP contribution in [-0.4, -0.2) is 13.4 Å². The summed E-state index contributed by atoms with van der Waals surface area (Å²) >= 11 is 5.70. The fourth-order valence-corrected chi connectivity index (χ4v) is 3.42. The van der Waals surface area contributed by atoms with Gasteiger partial charge in [0.2, 0.25) is 0 Å². The Labute approximate surface area is 106 Å². The summed E-state index contributed by atoms with van der Waals surface area (Å²) in [5, 5.41) is -0.847. The molecule has 0 unspecified atom stereocenters. The summed E-state index contributed by atoms with van der Waals surface area (Å²) in [5.74, 6) is 0. The molecule has 0 radical (unpaired) electrons. The van der Waals surface area contributed by atoms with Crippen molar-refractivity contribution in [3.05, 3.63) is 20.7 Å². The highest BCUT2D eigenvalue weighted by molar-refractivity contribution is 9.11. The molecule has 0 bridgehead atoms. The zero-order valence-electron chi connectivity index (χ0n) is 6.72. The molecule has 0 spiro atoms. The fourth-order valence-electron chi connectivity index (χ4n) is 0.857. The van der Waals surface area contributed by atoms with Crippen molar-refractivity contribution < 1.29 is 17.2 Å². The summed E-state index contributed by atoms with van der Waals surface area (Å²) in [5.41, 5.74) is -0.742. The molecule has 1 aromatic rings. The molecule has 0 saturated carbocycles. The molecule has 84 valence electrons. The van der Waals surface area contributed by atoms with Crippen LogP contribution < -0.4 is 0 Å². The molecule has 0 atom stereocenters. The Balaban J connectivity index is 3.62. The van der Waals surface area contributed by atoms with Gasteiger partial charge < -0.3 is 0 Å². The van der Waals surface area contributed by atoms with Gasteiger partial charge in [-0.05, 0) is 22.0 Å². The topological polar surface area (TPSA) is 47.0 Å². The van der Waals surface area contributed by atoms with E-state index in [1.807, 2.05) is 0 Å². The van der Waals surface area contributed by atoms with Gasteiger partial charge in [-0.15, -0.1) is 0 Å². The van der Waals surface area contributed by atoms with Crippen molar-refractivity contribution in [1.82, 2.24) is 4.98 Å². The van der Waals surface area contributed by atoms with Crippen molar-refractivity contribution in [1.29, 1.82) is 0 Å². The van der Waals surface area contributed by atoms with Crippen molar-refractivity contribution in [2.45, 2.75) is 11.5 Å². The maximum absolute atomic E-state index is 12.5. The molecule has 0 aliphatic rings. The van der Waals surface area contributed by atoms with Crippen LogP contribution in [0, 0.1) is 0 Å². The molecular weight excluding hydrogens is 383 g/mol. The van der Waals surface area contributed by atoms with Crippen LogP contribution in [-0.2, 0) is 9.05 Å². The second-order valence-corrected chi connectivity index (χ2v) is 6.53. The number of halogens is 5. The molecule has 0 aromatic carbocycles. The predicted octanol–water partition coefficient (Wildman–Crippen LogP) is 3.47. The first-order valence-electron chi connectivity index (χ1n) is 3.32. The van der Waals surface area contributed by atoms with Crippen molar-refractivity contribution in [3.8, 4) is 0 Å². The van der Waals surface area contributed by atoms with Crippen LogP contribution in [0.25, 0.3) is 0 Å². The largest absolute Gasteiger partial charge is 0.279 e. The van der Waals surface area contributed by atoms with Gasteiger partial charge in [0.15, 0.2) is 5.03 Å². The van der Waals surface area contributed by atoms with Crippen LogP contribution in [0.1, 0.15) is 12.0 Å². The summed E-state index contributed by atoms with van der Waals surface area (Å²) in [6.07, 6.45) is -2.98. The zero-order valence-corrected chi connectivity index (χ0v) is 11.5. The van der Waals surface area contributed by atoms with Gasteiger partial charge >= 0.3 is 0 Å². The van der Waals surface area contributed by atoms with Crippen molar-refractivity contribution in [3.63, 3.8) is 0 Å². The normalized spacial score (nSPS) is 12.1. The minimum Gasteiger partial charge on any atom is -0.227 e. The number of hydrogen-bond acceptors (Lipinski definition) is 3. The van der Waals surface area contributed by atoms with Gasteiger partial charge in [-0.2, -0.15) is 0 Å². The van der Waals surface area contributed by atoms with Crippen LogP contribution in [0.3, 0.4) is 0 Å². The molecule has 0 aliphatic carbocycles. The van der Waals surface area contributed by atoms with Gasteiger partial charge in [0, 0.05) is 15.2 Å². The van der Waals surface area contributed by atoms with E-state index < -0.39 is 26.1 Å². The highest BCUT2D eigenvalue weighted by Gasteiger charge is 2.26. The number of pyridine rings is 1. The van der Waals surface area contributed by atoms with Gasteiger partial charge in [-0.3, -0.25) is 0 Å². The summed E-state index contributed by atoms with van der Waals surface area (Å²) in [7, 11) is 0.684. The third-order valence-corrected chi connectivity index (χ3v) is 3.66. The molecule has 15 heavy (non-hydrogen) atoms. The molecule has 0 saturated heterocycles. The SMILES string of the molecule is O=S(=O)(Cl)c1nc(Br)cc(Br)c1C(F)F. The van der Waals surface area contributed by atoms with E-state index in [1.54, 1.807) is 0 Å². The van der Waals surface area contributed by atoms with E-state index in [0.29, 0.717) is 0 Å². The van der Waals surface area contributed by atoms with Crippen LogP contribution in [0.2, 0.25) is 0 Å². The first-order valence-corrected chi connectivity index (χ1v) is 7.21. The Morgan fingerprint density at radius 2 is 1.93 bits per heavy atom. The fraction of sp³-hybridized carbons (Fsp3) is 0.167. The van der Waals surface area contributed by atoms with E-state index in [9.17, 15) is 17.2 Å². The summed E-state index contributed by atoms with van der Waals surface area (Å²) in [6.45, 7) is 0. The number of hydrogen-bond donors (Lipinski definition) is 0. The van der Waals surface area contributed by atoms with E-state index in [2.05, 4.69) is 36.8 Å². The molecule has 1 heterocycles. The van der Waals surface area contributed by atoms with Crippen molar-refractivity contribution >= 4 is 51.6 Å².